The van der Waals surface area contributed by atoms with E-state index in [0.717, 1.165) is 30.0 Å². The van der Waals surface area contributed by atoms with Crippen LogP contribution in [0.25, 0.3) is 10.8 Å². The van der Waals surface area contributed by atoms with Gasteiger partial charge in [-0.25, -0.2) is 23.7 Å². The zero-order valence-corrected chi connectivity index (χ0v) is 21.5. The fourth-order valence-corrected chi connectivity index (χ4v) is 6.91. The molecule has 11 heteroatoms. The largest absolute Gasteiger partial charge is 0.350 e. The maximum absolute atomic E-state index is 13.3. The van der Waals surface area contributed by atoms with Crippen LogP contribution < -0.4 is 10.8 Å². The number of sulfonamides is 1. The van der Waals surface area contributed by atoms with Gasteiger partial charge in [0.25, 0.3) is 5.91 Å². The summed E-state index contributed by atoms with van der Waals surface area (Å²) in [6.07, 6.45) is 4.04. The van der Waals surface area contributed by atoms with Crippen LogP contribution in [0.15, 0.2) is 64.1 Å². The van der Waals surface area contributed by atoms with E-state index in [-0.39, 0.29) is 23.8 Å². The highest BCUT2D eigenvalue weighted by molar-refractivity contribution is 7.89. The van der Waals surface area contributed by atoms with Crippen LogP contribution in [0.4, 0.5) is 0 Å². The molecule has 3 atom stereocenters. The fraction of sp³-hybridized carbons (Fsp3) is 0.462. The van der Waals surface area contributed by atoms with Gasteiger partial charge in [-0.05, 0) is 35.7 Å². The Balaban J connectivity index is 1.04. The van der Waals surface area contributed by atoms with E-state index >= 15 is 0 Å². The number of aliphatic imine (C=N–C) groups is 1. The SMILES string of the molecule is CN1CC(C(=O)NOC2CCCCO2)=CNC1=NC1C2CN(S(=O)(=O)c3ccc4ccccc4c3)CC21. The second-order valence-corrected chi connectivity index (χ2v) is 12.1. The molecule has 0 radical (unpaired) electrons. The van der Waals surface area contributed by atoms with Crippen LogP contribution in [0.5, 0.6) is 0 Å². The molecule has 3 aliphatic heterocycles. The van der Waals surface area contributed by atoms with E-state index in [4.69, 9.17) is 14.6 Å². The van der Waals surface area contributed by atoms with E-state index in [0.29, 0.717) is 42.7 Å². The molecule has 37 heavy (non-hydrogen) atoms. The summed E-state index contributed by atoms with van der Waals surface area (Å²) in [5.74, 6) is 0.771. The van der Waals surface area contributed by atoms with Crippen LogP contribution in [0.2, 0.25) is 0 Å². The van der Waals surface area contributed by atoms with Crippen molar-refractivity contribution in [1.82, 2.24) is 20.0 Å². The molecule has 2 aromatic carbocycles. The van der Waals surface area contributed by atoms with E-state index < -0.39 is 16.3 Å². The minimum Gasteiger partial charge on any atom is -0.350 e. The number of fused-ring (bicyclic) bond motifs is 2. The lowest BCUT2D eigenvalue weighted by Gasteiger charge is -2.28. The molecule has 3 heterocycles. The third-order valence-electron chi connectivity index (χ3n) is 7.60. The molecule has 6 rings (SSSR count). The molecule has 1 amide bonds. The monoisotopic (exact) mass is 525 g/mol. The smallest absolute Gasteiger partial charge is 0.274 e. The number of rotatable bonds is 6. The maximum atomic E-state index is 13.3. The van der Waals surface area contributed by atoms with Gasteiger partial charge in [-0.2, -0.15) is 4.31 Å². The van der Waals surface area contributed by atoms with Crippen molar-refractivity contribution in [2.75, 3.05) is 33.3 Å². The predicted octanol–water partition coefficient (Wildman–Crippen LogP) is 1.81. The zero-order chi connectivity index (χ0) is 25.6. The molecule has 2 N–H and O–H groups in total. The van der Waals surface area contributed by atoms with Gasteiger partial charge in [0.05, 0.1) is 23.1 Å². The summed E-state index contributed by atoms with van der Waals surface area (Å²) in [5.41, 5.74) is 3.01. The molecule has 0 spiro atoms. The molecule has 2 saturated heterocycles. The molecule has 196 valence electrons. The Morgan fingerprint density at radius 2 is 1.92 bits per heavy atom. The number of likely N-dealkylation sites (N-methyl/N-ethyl adjacent to an activating group) is 1. The van der Waals surface area contributed by atoms with Gasteiger partial charge in [0, 0.05) is 51.2 Å². The first kappa shape index (κ1) is 24.4. The normalized spacial score (nSPS) is 29.1. The molecule has 3 fully saturated rings. The summed E-state index contributed by atoms with van der Waals surface area (Å²) >= 11 is 0. The molecular weight excluding hydrogens is 494 g/mol. The first-order chi connectivity index (χ1) is 17.9. The third-order valence-corrected chi connectivity index (χ3v) is 9.43. The van der Waals surface area contributed by atoms with Gasteiger partial charge in [0.1, 0.15) is 0 Å². The number of carbonyl (C=O) groups excluding carboxylic acids is 1. The third kappa shape index (κ3) is 4.84. The summed E-state index contributed by atoms with van der Waals surface area (Å²) in [7, 11) is -1.68. The number of guanidine groups is 1. The van der Waals surface area contributed by atoms with Crippen LogP contribution in [0.1, 0.15) is 19.3 Å². The predicted molar refractivity (Wildman–Crippen MR) is 138 cm³/mol. The number of nitrogens with zero attached hydrogens (tertiary/aromatic N) is 3. The standard InChI is InChI=1S/C26H31N5O5S/c1-30-14-19(25(32)29-36-23-8-4-5-11-35-23)13-27-26(30)28-24-21-15-31(16-22(21)24)37(33,34)20-10-9-17-6-2-3-7-18(17)12-20/h2-3,6-7,9-10,12-13,21-24H,4-5,8,11,14-16H2,1H3,(H,27,28)(H,29,32). The summed E-state index contributed by atoms with van der Waals surface area (Å²) in [6, 6.07) is 13.1. The van der Waals surface area contributed by atoms with Gasteiger partial charge in [-0.15, -0.1) is 0 Å². The Labute approximate surface area is 216 Å². The lowest BCUT2D eigenvalue weighted by atomic mass is 10.1. The topological polar surface area (TPSA) is 113 Å². The number of nitrogens with one attached hydrogen (secondary N) is 2. The summed E-state index contributed by atoms with van der Waals surface area (Å²) in [4.78, 5) is 24.9. The highest BCUT2D eigenvalue weighted by atomic mass is 32.2. The maximum Gasteiger partial charge on any atom is 0.274 e. The minimum absolute atomic E-state index is 0.0727. The molecule has 4 aliphatic rings. The number of hydroxylamine groups is 1. The van der Waals surface area contributed by atoms with Crippen LogP contribution in [0, 0.1) is 11.8 Å². The quantitative estimate of drug-likeness (QED) is 0.553. The number of hydrogen-bond donors (Lipinski definition) is 2. The van der Waals surface area contributed by atoms with Gasteiger partial charge in [-0.3, -0.25) is 4.79 Å². The fourth-order valence-electron chi connectivity index (χ4n) is 5.36. The molecule has 3 unspecified atom stereocenters. The lowest BCUT2D eigenvalue weighted by molar-refractivity contribution is -0.198. The van der Waals surface area contributed by atoms with Gasteiger partial charge in [0.15, 0.2) is 12.2 Å². The van der Waals surface area contributed by atoms with Crippen LogP contribution in [0.3, 0.4) is 0 Å². The Bertz CT molecular complexity index is 1360. The van der Waals surface area contributed by atoms with E-state index in [1.54, 1.807) is 22.6 Å². The van der Waals surface area contributed by atoms with Crippen LogP contribution in [-0.4, -0.2) is 75.1 Å². The second kappa shape index (κ2) is 9.71. The van der Waals surface area contributed by atoms with E-state index in [2.05, 4.69) is 10.8 Å². The second-order valence-electron chi connectivity index (χ2n) is 10.1. The summed E-state index contributed by atoms with van der Waals surface area (Å²) < 4.78 is 33.6. The van der Waals surface area contributed by atoms with Crippen molar-refractivity contribution in [2.24, 2.45) is 16.8 Å². The number of benzene rings is 2. The van der Waals surface area contributed by atoms with Crippen LogP contribution in [-0.2, 0) is 24.4 Å². The van der Waals surface area contributed by atoms with Crippen LogP contribution >= 0.6 is 0 Å². The molecule has 1 aliphatic carbocycles. The van der Waals surface area contributed by atoms with Gasteiger partial charge < -0.3 is 15.0 Å². The van der Waals surface area contributed by atoms with Crippen molar-refractivity contribution < 1.29 is 22.8 Å². The molecule has 2 aromatic rings. The minimum atomic E-state index is -3.55. The van der Waals surface area contributed by atoms with E-state index in [9.17, 15) is 13.2 Å². The average molecular weight is 526 g/mol. The Hall–Kier alpha value is -2.99. The van der Waals surface area contributed by atoms with Crippen molar-refractivity contribution in [2.45, 2.75) is 36.5 Å². The molecular formula is C26H31N5O5S. The highest BCUT2D eigenvalue weighted by Gasteiger charge is 2.58. The Morgan fingerprint density at radius 3 is 2.65 bits per heavy atom. The average Bonchev–Trinajstić information content (AvgIpc) is 3.34. The summed E-state index contributed by atoms with van der Waals surface area (Å²) in [5, 5.41) is 5.05. The lowest BCUT2D eigenvalue weighted by Crippen LogP contribution is -2.45. The van der Waals surface area contributed by atoms with Crippen molar-refractivity contribution >= 4 is 32.7 Å². The molecule has 0 aromatic heterocycles. The van der Waals surface area contributed by atoms with E-state index in [1.165, 1.54) is 0 Å². The number of ether oxygens (including phenoxy) is 1. The van der Waals surface area contributed by atoms with Gasteiger partial charge >= 0.3 is 0 Å². The van der Waals surface area contributed by atoms with Gasteiger partial charge in [-0.1, -0.05) is 30.3 Å². The van der Waals surface area contributed by atoms with E-state index in [1.807, 2.05) is 42.3 Å². The van der Waals surface area contributed by atoms with Gasteiger partial charge in [0.2, 0.25) is 10.0 Å². The Kier molecular flexibility index (Phi) is 6.39. The number of amides is 1. The first-order valence-corrected chi connectivity index (χ1v) is 14.2. The zero-order valence-electron chi connectivity index (χ0n) is 20.7. The number of piperidine rings is 1. The van der Waals surface area contributed by atoms with Crippen molar-refractivity contribution in [3.63, 3.8) is 0 Å². The van der Waals surface area contributed by atoms with Crippen molar-refractivity contribution in [3.05, 3.63) is 54.2 Å². The van der Waals surface area contributed by atoms with Crippen molar-refractivity contribution in [1.29, 1.82) is 0 Å². The molecule has 0 bridgehead atoms. The Morgan fingerprint density at radius 1 is 1.14 bits per heavy atom. The molecule has 1 saturated carbocycles. The number of carbonyl (C=O) groups is 1. The highest BCUT2D eigenvalue weighted by Crippen LogP contribution is 2.49. The first-order valence-electron chi connectivity index (χ1n) is 12.7. The molecule has 10 nitrogen and oxygen atoms in total. The number of hydrogen-bond acceptors (Lipinski definition) is 6. The summed E-state index contributed by atoms with van der Waals surface area (Å²) in [6.45, 7) is 1.96. The van der Waals surface area contributed by atoms with Crippen molar-refractivity contribution in [3.8, 4) is 0 Å².